The van der Waals surface area contributed by atoms with Crippen molar-refractivity contribution in [2.24, 2.45) is 9.98 Å². The van der Waals surface area contributed by atoms with Gasteiger partial charge >= 0.3 is 0 Å². The molecule has 2 aromatic rings. The summed E-state index contributed by atoms with van der Waals surface area (Å²) in [5, 5.41) is 0.476. The summed E-state index contributed by atoms with van der Waals surface area (Å²) in [5.74, 6) is -1.23. The summed E-state index contributed by atoms with van der Waals surface area (Å²) in [6, 6.07) is 9.45. The minimum absolute atomic E-state index is 0.115. The summed E-state index contributed by atoms with van der Waals surface area (Å²) in [5.41, 5.74) is 1.59. The van der Waals surface area contributed by atoms with Crippen LogP contribution in [0.25, 0.3) is 0 Å². The number of hydrogen-bond acceptors (Lipinski definition) is 2. The summed E-state index contributed by atoms with van der Waals surface area (Å²) < 4.78 is 27.0. The van der Waals surface area contributed by atoms with Crippen LogP contribution in [0.4, 0.5) is 8.78 Å². The van der Waals surface area contributed by atoms with E-state index in [2.05, 4.69) is 9.98 Å². The zero-order valence-electron chi connectivity index (χ0n) is 16.2. The van der Waals surface area contributed by atoms with E-state index in [1.165, 1.54) is 12.1 Å². The molecule has 0 aromatic heterocycles. The van der Waals surface area contributed by atoms with Crippen molar-refractivity contribution in [1.29, 1.82) is 0 Å². The van der Waals surface area contributed by atoms with Crippen LogP contribution in [0, 0.1) is 5.82 Å². The Morgan fingerprint density at radius 1 is 0.966 bits per heavy atom. The van der Waals surface area contributed by atoms with Gasteiger partial charge in [0.1, 0.15) is 16.5 Å². The Hall–Kier alpha value is -1.49. The minimum Gasteiger partial charge on any atom is -0.266 e. The fraction of sp³-hybridized carbons (Fsp3) is 0.364. The van der Waals surface area contributed by atoms with E-state index in [0.29, 0.717) is 5.17 Å². The van der Waals surface area contributed by atoms with Crippen LogP contribution in [0.2, 0.25) is 0 Å². The molecular weight excluding hydrogens is 437 g/mol. The van der Waals surface area contributed by atoms with Gasteiger partial charge in [0.05, 0.1) is 5.54 Å². The first-order valence-electron chi connectivity index (χ1n) is 9.23. The number of rotatable bonds is 2. The minimum atomic E-state index is -1.60. The molecule has 1 atom stereocenters. The maximum Gasteiger partial charge on any atom is 0.216 e. The first-order valence-corrected chi connectivity index (χ1v) is 10.4. The first kappa shape index (κ1) is 20.8. The molecule has 29 heavy (non-hydrogen) atoms. The van der Waals surface area contributed by atoms with Crippen LogP contribution >= 0.6 is 34.8 Å². The van der Waals surface area contributed by atoms with E-state index in [-0.39, 0.29) is 23.1 Å². The molecule has 0 aliphatic carbocycles. The van der Waals surface area contributed by atoms with Crippen LogP contribution < -0.4 is 0 Å². The molecule has 1 unspecified atom stereocenters. The smallest absolute Gasteiger partial charge is 0.216 e. The van der Waals surface area contributed by atoms with Crippen molar-refractivity contribution in [3.63, 3.8) is 0 Å². The van der Waals surface area contributed by atoms with E-state index in [1.54, 1.807) is 6.92 Å². The maximum absolute atomic E-state index is 14.8. The van der Waals surface area contributed by atoms with Gasteiger partial charge in [-0.2, -0.15) is 4.39 Å². The molecule has 2 aliphatic heterocycles. The largest absolute Gasteiger partial charge is 0.266 e. The van der Waals surface area contributed by atoms with Gasteiger partial charge in [0.2, 0.25) is 5.97 Å². The molecule has 0 bridgehead atoms. The summed E-state index contributed by atoms with van der Waals surface area (Å²) in [6.07, 6.45) is 0.994. The van der Waals surface area contributed by atoms with Gasteiger partial charge in [0.25, 0.3) is 0 Å². The highest BCUT2D eigenvalue weighted by Crippen LogP contribution is 2.52. The Bertz CT molecular complexity index is 1080. The molecule has 2 heterocycles. The zero-order chi connectivity index (χ0) is 21.2. The van der Waals surface area contributed by atoms with Crippen molar-refractivity contribution in [2.75, 3.05) is 0 Å². The van der Waals surface area contributed by atoms with Crippen LogP contribution in [-0.4, -0.2) is 22.2 Å². The predicted octanol–water partition coefficient (Wildman–Crippen LogP) is 6.51. The SMILES string of the molecule is CC1(C)Cc2cc(CC3(C)N=C(F)c4ccc(F)cc4C3(Cl)Cl)ccc2C(Cl)=N1. The molecule has 4 rings (SSSR count). The molecule has 0 saturated carbocycles. The van der Waals surface area contributed by atoms with E-state index >= 15 is 0 Å². The van der Waals surface area contributed by atoms with Crippen molar-refractivity contribution in [1.82, 2.24) is 0 Å². The highest BCUT2D eigenvalue weighted by Gasteiger charge is 2.52. The fourth-order valence-electron chi connectivity index (χ4n) is 4.08. The average molecular weight is 456 g/mol. The number of alkyl halides is 2. The Morgan fingerprint density at radius 2 is 1.66 bits per heavy atom. The van der Waals surface area contributed by atoms with E-state index in [1.807, 2.05) is 32.0 Å². The number of halogens is 5. The number of aliphatic imine (C=N–C) groups is 2. The van der Waals surface area contributed by atoms with Crippen molar-refractivity contribution < 1.29 is 8.78 Å². The third kappa shape index (κ3) is 3.49. The molecule has 0 amide bonds. The van der Waals surface area contributed by atoms with E-state index in [0.717, 1.165) is 29.2 Å². The van der Waals surface area contributed by atoms with Gasteiger partial charge in [0.15, 0.2) is 4.33 Å². The van der Waals surface area contributed by atoms with Crippen LogP contribution in [0.15, 0.2) is 46.4 Å². The van der Waals surface area contributed by atoms with Crippen LogP contribution in [0.3, 0.4) is 0 Å². The Kier molecular flexibility index (Phi) is 4.84. The molecule has 0 spiro atoms. The monoisotopic (exact) mass is 454 g/mol. The molecule has 0 N–H and O–H groups in total. The second kappa shape index (κ2) is 6.76. The molecule has 0 radical (unpaired) electrons. The standard InChI is InChI=1S/C22H19Cl3F2N2/c1-20(2)11-13-8-12(4-6-15(13)18(23)28-20)10-21(3)22(24,25)17-9-14(26)5-7-16(17)19(27)29-21/h4-9H,10-11H2,1-3H3. The highest BCUT2D eigenvalue weighted by atomic mass is 35.5. The molecule has 152 valence electrons. The molecule has 7 heteroatoms. The first-order chi connectivity index (χ1) is 13.4. The lowest BCUT2D eigenvalue weighted by atomic mass is 9.80. The van der Waals surface area contributed by atoms with E-state index in [9.17, 15) is 8.78 Å². The molecule has 2 aliphatic rings. The Morgan fingerprint density at radius 3 is 2.38 bits per heavy atom. The number of nitrogens with zero attached hydrogens (tertiary/aromatic N) is 2. The molecule has 2 nitrogen and oxygen atoms in total. The second-order valence-electron chi connectivity index (χ2n) is 8.50. The molecular formula is C22H19Cl3F2N2. The zero-order valence-corrected chi connectivity index (χ0v) is 18.4. The predicted molar refractivity (Wildman–Crippen MR) is 116 cm³/mol. The van der Waals surface area contributed by atoms with Crippen LogP contribution in [0.5, 0.6) is 0 Å². The maximum atomic E-state index is 14.8. The van der Waals surface area contributed by atoms with Gasteiger partial charge in [0, 0.05) is 23.1 Å². The highest BCUT2D eigenvalue weighted by molar-refractivity contribution is 6.70. The normalized spacial score (nSPS) is 24.3. The van der Waals surface area contributed by atoms with Gasteiger partial charge in [-0.3, -0.25) is 4.99 Å². The van der Waals surface area contributed by atoms with Crippen molar-refractivity contribution in [2.45, 2.75) is 49.0 Å². The quantitative estimate of drug-likeness (QED) is 0.461. The lowest BCUT2D eigenvalue weighted by molar-refractivity contribution is 0.402. The summed E-state index contributed by atoms with van der Waals surface area (Å²) in [6.45, 7) is 5.71. The van der Waals surface area contributed by atoms with Gasteiger partial charge in [-0.1, -0.05) is 53.0 Å². The summed E-state index contributed by atoms with van der Waals surface area (Å²) >= 11 is 19.7. The topological polar surface area (TPSA) is 24.7 Å². The second-order valence-corrected chi connectivity index (χ2v) is 10.2. The van der Waals surface area contributed by atoms with Crippen LogP contribution in [-0.2, 0) is 17.2 Å². The van der Waals surface area contributed by atoms with Gasteiger partial charge in [-0.25, -0.2) is 9.38 Å². The van der Waals surface area contributed by atoms with E-state index in [4.69, 9.17) is 34.8 Å². The lowest BCUT2D eigenvalue weighted by Gasteiger charge is -2.41. The molecule has 0 saturated heterocycles. The van der Waals surface area contributed by atoms with Gasteiger partial charge in [-0.15, -0.1) is 0 Å². The fourth-order valence-corrected chi connectivity index (χ4v) is 5.02. The van der Waals surface area contributed by atoms with E-state index < -0.39 is 21.7 Å². The summed E-state index contributed by atoms with van der Waals surface area (Å²) in [4.78, 5) is 8.72. The van der Waals surface area contributed by atoms with Crippen molar-refractivity contribution in [3.8, 4) is 0 Å². The van der Waals surface area contributed by atoms with Crippen molar-refractivity contribution >= 4 is 45.9 Å². The number of fused-ring (bicyclic) bond motifs is 2. The average Bonchev–Trinajstić information content (AvgIpc) is 2.58. The Labute approximate surface area is 183 Å². The van der Waals surface area contributed by atoms with Gasteiger partial charge in [-0.05, 0) is 56.5 Å². The van der Waals surface area contributed by atoms with Crippen molar-refractivity contribution in [3.05, 3.63) is 70.0 Å². The third-order valence-electron chi connectivity index (χ3n) is 5.53. The molecule has 2 aromatic carbocycles. The summed E-state index contributed by atoms with van der Waals surface area (Å²) in [7, 11) is 0. The number of benzene rings is 2. The Balaban J connectivity index is 1.75. The molecule has 0 fully saturated rings. The third-order valence-corrected chi connectivity index (χ3v) is 7.04. The van der Waals surface area contributed by atoms with Crippen LogP contribution in [0.1, 0.15) is 48.6 Å². The number of hydrogen-bond donors (Lipinski definition) is 0. The lowest BCUT2D eigenvalue weighted by Crippen LogP contribution is -2.46. The van der Waals surface area contributed by atoms with Gasteiger partial charge < -0.3 is 0 Å².